The number of aliphatic carboxylic acids is 1. The molecule has 1 aliphatic rings. The van der Waals surface area contributed by atoms with Crippen molar-refractivity contribution in [3.05, 3.63) is 59.2 Å². The molecule has 0 aliphatic carbocycles. The molecule has 0 saturated carbocycles. The number of nitrogens with zero attached hydrogens (tertiary/aromatic N) is 1. The fraction of sp³-hybridized carbons (Fsp3) is 0.304. The number of nitrogens with one attached hydrogen (secondary N) is 1. The van der Waals surface area contributed by atoms with Crippen molar-refractivity contribution in [1.29, 1.82) is 0 Å². The summed E-state index contributed by atoms with van der Waals surface area (Å²) < 4.78 is 10.9. The summed E-state index contributed by atoms with van der Waals surface area (Å²) in [5.41, 5.74) is 1.05. The predicted octanol–water partition coefficient (Wildman–Crippen LogP) is 2.41. The number of ether oxygens (including phenoxy) is 2. The molecule has 2 N–H and O–H groups in total. The molecule has 0 saturated heterocycles. The number of hydrogen-bond donors (Lipinski definition) is 2. The fourth-order valence-electron chi connectivity index (χ4n) is 3.57. The van der Waals surface area contributed by atoms with Gasteiger partial charge in [-0.05, 0) is 36.8 Å². The summed E-state index contributed by atoms with van der Waals surface area (Å²) in [6.07, 6.45) is -0.469. The summed E-state index contributed by atoms with van der Waals surface area (Å²) in [5.74, 6) is -1.63. The van der Waals surface area contributed by atoms with Gasteiger partial charge in [0.1, 0.15) is 0 Å². The smallest absolute Gasteiger partial charge is 0.305 e. The highest BCUT2D eigenvalue weighted by Crippen LogP contribution is 2.37. The quantitative estimate of drug-likeness (QED) is 0.544. The molecule has 1 heterocycles. The second kappa shape index (κ2) is 9.95. The van der Waals surface area contributed by atoms with Crippen LogP contribution in [-0.2, 0) is 9.59 Å². The van der Waals surface area contributed by atoms with E-state index in [9.17, 15) is 19.2 Å². The third-order valence-electron chi connectivity index (χ3n) is 5.05. The molecule has 1 unspecified atom stereocenters. The second-order valence-electron chi connectivity index (χ2n) is 7.08. The van der Waals surface area contributed by atoms with Gasteiger partial charge in [-0.2, -0.15) is 0 Å². The van der Waals surface area contributed by atoms with Crippen LogP contribution in [-0.4, -0.2) is 54.0 Å². The van der Waals surface area contributed by atoms with Crippen molar-refractivity contribution in [2.75, 3.05) is 20.3 Å². The third kappa shape index (κ3) is 4.72. The van der Waals surface area contributed by atoms with E-state index in [1.165, 1.54) is 7.11 Å². The van der Waals surface area contributed by atoms with Crippen LogP contribution in [0.25, 0.3) is 0 Å². The van der Waals surface area contributed by atoms with Crippen LogP contribution in [0.1, 0.15) is 52.1 Å². The zero-order chi connectivity index (χ0) is 23.3. The van der Waals surface area contributed by atoms with E-state index in [0.29, 0.717) is 23.7 Å². The molecule has 9 nitrogen and oxygen atoms in total. The zero-order valence-corrected chi connectivity index (χ0v) is 17.8. The van der Waals surface area contributed by atoms with E-state index in [4.69, 9.17) is 14.6 Å². The van der Waals surface area contributed by atoms with E-state index in [1.807, 2.05) is 6.92 Å². The molecule has 0 fully saturated rings. The topological polar surface area (TPSA) is 122 Å². The lowest BCUT2D eigenvalue weighted by Crippen LogP contribution is -2.38. The Hall–Kier alpha value is -3.88. The number of imide groups is 1. The van der Waals surface area contributed by atoms with Crippen molar-refractivity contribution in [1.82, 2.24) is 10.2 Å². The van der Waals surface area contributed by atoms with E-state index in [0.717, 1.165) is 4.90 Å². The molecule has 0 radical (unpaired) electrons. The summed E-state index contributed by atoms with van der Waals surface area (Å²) in [6.45, 7) is 2.12. The molecule has 1 atom stereocenters. The minimum absolute atomic E-state index is 0.0597. The van der Waals surface area contributed by atoms with Gasteiger partial charge in [-0.25, -0.2) is 0 Å². The van der Waals surface area contributed by atoms with Gasteiger partial charge in [0.05, 0.1) is 43.7 Å². The Morgan fingerprint density at radius 1 is 1.06 bits per heavy atom. The largest absolute Gasteiger partial charge is 0.493 e. The summed E-state index contributed by atoms with van der Waals surface area (Å²) in [7, 11) is 1.50. The minimum atomic E-state index is -1.04. The molecule has 0 spiro atoms. The highest BCUT2D eigenvalue weighted by atomic mass is 16.5. The van der Waals surface area contributed by atoms with Crippen LogP contribution in [0.5, 0.6) is 11.5 Å². The number of carboxylic acid groups (broad SMARTS) is 1. The van der Waals surface area contributed by atoms with Crippen LogP contribution in [0.3, 0.4) is 0 Å². The molecule has 3 amide bonds. The SMILES string of the molecule is CCOc1cc(C(CC(=O)NCCC(=O)O)N2C(=O)c3ccccc3C2=O)ccc1OC. The van der Waals surface area contributed by atoms with E-state index in [-0.39, 0.29) is 30.5 Å². The Morgan fingerprint density at radius 2 is 1.72 bits per heavy atom. The van der Waals surface area contributed by atoms with Gasteiger partial charge in [0.2, 0.25) is 5.91 Å². The van der Waals surface area contributed by atoms with Gasteiger partial charge < -0.3 is 19.9 Å². The molecule has 3 rings (SSSR count). The van der Waals surface area contributed by atoms with Crippen molar-refractivity contribution >= 4 is 23.7 Å². The van der Waals surface area contributed by atoms with Crippen LogP contribution in [0.15, 0.2) is 42.5 Å². The highest BCUT2D eigenvalue weighted by molar-refractivity contribution is 6.21. The molecule has 0 bridgehead atoms. The van der Waals surface area contributed by atoms with E-state index in [1.54, 1.807) is 42.5 Å². The van der Waals surface area contributed by atoms with Crippen LogP contribution in [0.2, 0.25) is 0 Å². The fourth-order valence-corrected chi connectivity index (χ4v) is 3.57. The Bertz CT molecular complexity index is 1020. The lowest BCUT2D eigenvalue weighted by molar-refractivity contribution is -0.136. The maximum atomic E-state index is 13.1. The van der Waals surface area contributed by atoms with Gasteiger partial charge in [0.25, 0.3) is 11.8 Å². The number of carboxylic acids is 1. The van der Waals surface area contributed by atoms with Crippen molar-refractivity contribution in [2.24, 2.45) is 0 Å². The zero-order valence-electron chi connectivity index (χ0n) is 17.8. The highest BCUT2D eigenvalue weighted by Gasteiger charge is 2.41. The van der Waals surface area contributed by atoms with E-state index < -0.39 is 29.7 Å². The van der Waals surface area contributed by atoms with Crippen LogP contribution < -0.4 is 14.8 Å². The first-order valence-corrected chi connectivity index (χ1v) is 10.1. The van der Waals surface area contributed by atoms with Crippen molar-refractivity contribution in [3.63, 3.8) is 0 Å². The van der Waals surface area contributed by atoms with E-state index in [2.05, 4.69) is 5.32 Å². The third-order valence-corrected chi connectivity index (χ3v) is 5.05. The monoisotopic (exact) mass is 440 g/mol. The Balaban J connectivity index is 1.96. The summed E-state index contributed by atoms with van der Waals surface area (Å²) >= 11 is 0. The molecule has 32 heavy (non-hydrogen) atoms. The number of carbonyl (C=O) groups excluding carboxylic acids is 3. The van der Waals surface area contributed by atoms with Crippen LogP contribution in [0.4, 0.5) is 0 Å². The van der Waals surface area contributed by atoms with Crippen molar-refractivity contribution in [2.45, 2.75) is 25.8 Å². The number of methoxy groups -OCH3 is 1. The molecular formula is C23H24N2O7. The maximum Gasteiger partial charge on any atom is 0.305 e. The van der Waals surface area contributed by atoms with Gasteiger partial charge in [0.15, 0.2) is 11.5 Å². The van der Waals surface area contributed by atoms with Crippen LogP contribution >= 0.6 is 0 Å². The molecule has 2 aromatic rings. The first-order chi connectivity index (χ1) is 15.4. The maximum absolute atomic E-state index is 13.1. The summed E-state index contributed by atoms with van der Waals surface area (Å²) in [6, 6.07) is 10.5. The lowest BCUT2D eigenvalue weighted by atomic mass is 10.0. The average molecular weight is 440 g/mol. The van der Waals surface area contributed by atoms with Gasteiger partial charge in [-0.3, -0.25) is 24.1 Å². The lowest BCUT2D eigenvalue weighted by Gasteiger charge is -2.27. The normalized spacial score (nSPS) is 13.5. The van der Waals surface area contributed by atoms with Crippen LogP contribution in [0, 0.1) is 0 Å². The Kier molecular flexibility index (Phi) is 7.09. The number of amides is 3. The number of carbonyl (C=O) groups is 4. The summed E-state index contributed by atoms with van der Waals surface area (Å²) in [4.78, 5) is 50.5. The molecule has 168 valence electrons. The van der Waals surface area contributed by atoms with Gasteiger partial charge in [-0.1, -0.05) is 18.2 Å². The molecule has 1 aliphatic heterocycles. The number of fused-ring (bicyclic) bond motifs is 1. The number of benzene rings is 2. The first kappa shape index (κ1) is 22.8. The molecule has 2 aromatic carbocycles. The number of rotatable bonds is 10. The van der Waals surface area contributed by atoms with E-state index >= 15 is 0 Å². The molecule has 9 heteroatoms. The standard InChI is InChI=1S/C23H24N2O7/c1-3-32-19-12-14(8-9-18(19)31-2)17(13-20(26)24-11-10-21(27)28)25-22(29)15-6-4-5-7-16(15)23(25)30/h4-9,12,17H,3,10-11,13H2,1-2H3,(H,24,26)(H,27,28). The minimum Gasteiger partial charge on any atom is -0.493 e. The van der Waals surface area contributed by atoms with Crippen molar-refractivity contribution in [3.8, 4) is 11.5 Å². The molecule has 0 aromatic heterocycles. The first-order valence-electron chi connectivity index (χ1n) is 10.1. The second-order valence-corrected chi connectivity index (χ2v) is 7.08. The van der Waals surface area contributed by atoms with Crippen molar-refractivity contribution < 1.29 is 33.8 Å². The van der Waals surface area contributed by atoms with Gasteiger partial charge in [-0.15, -0.1) is 0 Å². The Labute approximate surface area is 184 Å². The predicted molar refractivity (Wildman–Crippen MR) is 114 cm³/mol. The average Bonchev–Trinajstić information content (AvgIpc) is 3.02. The van der Waals surface area contributed by atoms with Gasteiger partial charge in [0, 0.05) is 6.54 Å². The summed E-state index contributed by atoms with van der Waals surface area (Å²) in [5, 5.41) is 11.3. The molecular weight excluding hydrogens is 416 g/mol. The number of hydrogen-bond acceptors (Lipinski definition) is 6. The van der Waals surface area contributed by atoms with Gasteiger partial charge >= 0.3 is 5.97 Å². The Morgan fingerprint density at radius 3 is 2.28 bits per heavy atom.